The number of aryl methyl sites for hydroxylation is 1. The lowest BCUT2D eigenvalue weighted by molar-refractivity contribution is 0.299. The van der Waals surface area contributed by atoms with Gasteiger partial charge in [-0.2, -0.15) is 0 Å². The Morgan fingerprint density at radius 3 is 2.89 bits per heavy atom. The molecule has 0 bridgehead atoms. The van der Waals surface area contributed by atoms with Crippen LogP contribution in [0.25, 0.3) is 0 Å². The molecule has 0 saturated heterocycles. The summed E-state index contributed by atoms with van der Waals surface area (Å²) < 4.78 is 5.73. The maximum Gasteiger partial charge on any atom is 0.130 e. The summed E-state index contributed by atoms with van der Waals surface area (Å²) in [7, 11) is 1.88. The molecule has 1 heterocycles. The van der Waals surface area contributed by atoms with Crippen molar-refractivity contribution < 1.29 is 4.74 Å². The molecule has 1 aromatic carbocycles. The van der Waals surface area contributed by atoms with E-state index >= 15 is 0 Å². The summed E-state index contributed by atoms with van der Waals surface area (Å²) in [5.41, 5.74) is 2.96. The summed E-state index contributed by atoms with van der Waals surface area (Å²) >= 11 is 5.94. The van der Waals surface area contributed by atoms with Gasteiger partial charge in [0.2, 0.25) is 0 Å². The van der Waals surface area contributed by atoms with Crippen molar-refractivity contribution in [1.82, 2.24) is 4.98 Å². The lowest BCUT2D eigenvalue weighted by atomic mass is 10.2. The fourth-order valence-electron chi connectivity index (χ4n) is 1.59. The van der Waals surface area contributed by atoms with Crippen molar-refractivity contribution in [1.29, 1.82) is 0 Å². The first kappa shape index (κ1) is 12.7. The van der Waals surface area contributed by atoms with Crippen LogP contribution in [-0.4, -0.2) is 12.0 Å². The van der Waals surface area contributed by atoms with E-state index < -0.39 is 0 Å². The van der Waals surface area contributed by atoms with Crippen LogP contribution in [0.1, 0.15) is 11.3 Å². The fraction of sp³-hybridized carbons (Fsp3) is 0.214. The number of rotatable bonds is 4. The van der Waals surface area contributed by atoms with E-state index in [-0.39, 0.29) is 0 Å². The molecule has 18 heavy (non-hydrogen) atoms. The predicted octanol–water partition coefficient (Wildman–Crippen LogP) is 3.66. The number of benzene rings is 1. The Hall–Kier alpha value is -1.74. The lowest BCUT2D eigenvalue weighted by Gasteiger charge is -2.09. The molecular formula is C14H15ClN2O. The summed E-state index contributed by atoms with van der Waals surface area (Å²) in [4.78, 5) is 4.26. The van der Waals surface area contributed by atoms with Crippen LogP contribution in [0.2, 0.25) is 5.02 Å². The first-order chi connectivity index (χ1) is 8.69. The van der Waals surface area contributed by atoms with Gasteiger partial charge >= 0.3 is 0 Å². The minimum Gasteiger partial charge on any atom is -0.487 e. The Morgan fingerprint density at radius 2 is 2.11 bits per heavy atom. The molecule has 0 aliphatic heterocycles. The molecule has 0 fully saturated rings. The minimum absolute atomic E-state index is 0.427. The van der Waals surface area contributed by atoms with Crippen molar-refractivity contribution in [2.24, 2.45) is 0 Å². The zero-order valence-corrected chi connectivity index (χ0v) is 11.2. The summed E-state index contributed by atoms with van der Waals surface area (Å²) in [5, 5.41) is 3.74. The second-order valence-electron chi connectivity index (χ2n) is 3.98. The smallest absolute Gasteiger partial charge is 0.130 e. The highest BCUT2D eigenvalue weighted by Gasteiger charge is 2.02. The van der Waals surface area contributed by atoms with Crippen LogP contribution >= 0.6 is 11.6 Å². The second kappa shape index (κ2) is 5.74. The van der Waals surface area contributed by atoms with Gasteiger partial charge in [-0.3, -0.25) is 4.98 Å². The largest absolute Gasteiger partial charge is 0.487 e. The van der Waals surface area contributed by atoms with E-state index in [1.165, 1.54) is 0 Å². The van der Waals surface area contributed by atoms with Gasteiger partial charge in [-0.05, 0) is 36.8 Å². The molecule has 2 rings (SSSR count). The van der Waals surface area contributed by atoms with Crippen molar-refractivity contribution >= 4 is 17.3 Å². The Kier molecular flexibility index (Phi) is 4.05. The fourth-order valence-corrected chi connectivity index (χ4v) is 1.76. The first-order valence-corrected chi connectivity index (χ1v) is 6.08. The standard InChI is InChI=1S/C14H15ClN2O/c1-10-3-4-11(15)7-14(10)18-9-13-8-12(16-2)5-6-17-13/h3-8H,9H2,1-2H3,(H,16,17). The average Bonchev–Trinajstić information content (AvgIpc) is 2.40. The molecule has 94 valence electrons. The molecule has 0 aliphatic carbocycles. The normalized spacial score (nSPS) is 10.2. The molecule has 0 saturated carbocycles. The van der Waals surface area contributed by atoms with Crippen LogP contribution in [0.15, 0.2) is 36.5 Å². The first-order valence-electron chi connectivity index (χ1n) is 5.70. The van der Waals surface area contributed by atoms with Crippen molar-refractivity contribution in [3.8, 4) is 5.75 Å². The third-order valence-corrected chi connectivity index (χ3v) is 2.87. The van der Waals surface area contributed by atoms with Crippen LogP contribution in [0.3, 0.4) is 0 Å². The molecule has 3 nitrogen and oxygen atoms in total. The summed E-state index contributed by atoms with van der Waals surface area (Å²) in [5.74, 6) is 0.791. The number of nitrogens with zero attached hydrogens (tertiary/aromatic N) is 1. The number of hydrogen-bond donors (Lipinski definition) is 1. The zero-order valence-electron chi connectivity index (χ0n) is 10.4. The Balaban J connectivity index is 2.08. The zero-order chi connectivity index (χ0) is 13.0. The Labute approximate surface area is 112 Å². The van der Waals surface area contributed by atoms with Gasteiger partial charge in [-0.25, -0.2) is 0 Å². The van der Waals surface area contributed by atoms with E-state index in [4.69, 9.17) is 16.3 Å². The SMILES string of the molecule is CNc1ccnc(COc2cc(Cl)ccc2C)c1. The van der Waals surface area contributed by atoms with Gasteiger partial charge < -0.3 is 10.1 Å². The average molecular weight is 263 g/mol. The number of ether oxygens (including phenoxy) is 1. The summed E-state index contributed by atoms with van der Waals surface area (Å²) in [6.07, 6.45) is 1.76. The lowest BCUT2D eigenvalue weighted by Crippen LogP contribution is -2.00. The van der Waals surface area contributed by atoms with Gasteiger partial charge in [0.1, 0.15) is 12.4 Å². The van der Waals surface area contributed by atoms with Crippen molar-refractivity contribution in [2.75, 3.05) is 12.4 Å². The molecule has 4 heteroatoms. The van der Waals surface area contributed by atoms with Crippen LogP contribution in [-0.2, 0) is 6.61 Å². The van der Waals surface area contributed by atoms with Crippen LogP contribution in [0.4, 0.5) is 5.69 Å². The highest BCUT2D eigenvalue weighted by molar-refractivity contribution is 6.30. The third-order valence-electron chi connectivity index (χ3n) is 2.63. The number of nitrogens with one attached hydrogen (secondary N) is 1. The predicted molar refractivity (Wildman–Crippen MR) is 74.3 cm³/mol. The topological polar surface area (TPSA) is 34.2 Å². The maximum absolute atomic E-state index is 5.94. The van der Waals surface area contributed by atoms with E-state index in [1.807, 2.05) is 44.3 Å². The Morgan fingerprint density at radius 1 is 1.28 bits per heavy atom. The number of halogens is 1. The van der Waals surface area contributed by atoms with Crippen LogP contribution < -0.4 is 10.1 Å². The van der Waals surface area contributed by atoms with Gasteiger partial charge in [0.25, 0.3) is 0 Å². The highest BCUT2D eigenvalue weighted by atomic mass is 35.5. The third kappa shape index (κ3) is 3.14. The van der Waals surface area contributed by atoms with Gasteiger partial charge in [-0.15, -0.1) is 0 Å². The van der Waals surface area contributed by atoms with Crippen molar-refractivity contribution in [2.45, 2.75) is 13.5 Å². The van der Waals surface area contributed by atoms with Crippen LogP contribution in [0.5, 0.6) is 5.75 Å². The van der Waals surface area contributed by atoms with E-state index in [9.17, 15) is 0 Å². The molecule has 1 N–H and O–H groups in total. The van der Waals surface area contributed by atoms with Crippen molar-refractivity contribution in [3.63, 3.8) is 0 Å². The highest BCUT2D eigenvalue weighted by Crippen LogP contribution is 2.23. The maximum atomic E-state index is 5.94. The van der Waals surface area contributed by atoms with Gasteiger partial charge in [0.05, 0.1) is 5.69 Å². The summed E-state index contributed by atoms with van der Waals surface area (Å²) in [6.45, 7) is 2.42. The monoisotopic (exact) mass is 262 g/mol. The van der Waals surface area contributed by atoms with E-state index in [0.29, 0.717) is 11.6 Å². The molecule has 0 spiro atoms. The summed E-state index contributed by atoms with van der Waals surface area (Å²) in [6, 6.07) is 9.48. The van der Waals surface area contributed by atoms with Gasteiger partial charge in [0.15, 0.2) is 0 Å². The number of aromatic nitrogens is 1. The molecule has 0 atom stereocenters. The van der Waals surface area contributed by atoms with E-state index in [1.54, 1.807) is 6.20 Å². The van der Waals surface area contributed by atoms with Gasteiger partial charge in [0, 0.05) is 24.0 Å². The molecule has 0 amide bonds. The van der Waals surface area contributed by atoms with Gasteiger partial charge in [-0.1, -0.05) is 17.7 Å². The molecular weight excluding hydrogens is 248 g/mol. The van der Waals surface area contributed by atoms with Crippen molar-refractivity contribution in [3.05, 3.63) is 52.8 Å². The molecule has 0 radical (unpaired) electrons. The number of hydrogen-bond acceptors (Lipinski definition) is 3. The van der Waals surface area contributed by atoms with Crippen LogP contribution in [0, 0.1) is 6.92 Å². The number of anilines is 1. The van der Waals surface area contributed by atoms with E-state index in [2.05, 4.69) is 10.3 Å². The molecule has 1 aromatic heterocycles. The molecule has 0 unspecified atom stereocenters. The minimum atomic E-state index is 0.427. The number of pyridine rings is 1. The molecule has 0 aliphatic rings. The quantitative estimate of drug-likeness (QED) is 0.913. The Bertz CT molecular complexity index is 543. The second-order valence-corrected chi connectivity index (χ2v) is 4.42. The molecule has 2 aromatic rings. The van der Waals surface area contributed by atoms with E-state index in [0.717, 1.165) is 22.7 Å².